The third kappa shape index (κ3) is 2.33. The molecule has 0 amide bonds. The number of nitrogens with zero attached hydrogens (tertiary/aromatic N) is 3. The molecule has 1 aromatic heterocycles. The Bertz CT molecular complexity index is 215. The number of hydrogen-bond donors (Lipinski definition) is 0. The van der Waals surface area contributed by atoms with E-state index in [1.54, 1.807) is 6.33 Å². The van der Waals surface area contributed by atoms with Crippen LogP contribution in [0.2, 0.25) is 0 Å². The molecule has 0 saturated heterocycles. The topological polar surface area (TPSA) is 30.7 Å². The fraction of sp³-hybridized carbons (Fsp3) is 0.750. The first kappa shape index (κ1) is 8.24. The molecular weight excluding hydrogens is 138 g/mol. The first-order chi connectivity index (χ1) is 5.20. The molecule has 0 saturated carbocycles. The number of aryl methyl sites for hydroxylation is 2. The van der Waals surface area contributed by atoms with Gasteiger partial charge in [0.1, 0.15) is 12.2 Å². The second kappa shape index (κ2) is 3.51. The molecule has 0 aliphatic heterocycles. The minimum Gasteiger partial charge on any atom is -0.321 e. The summed E-state index contributed by atoms with van der Waals surface area (Å²) >= 11 is 0. The zero-order valence-corrected chi connectivity index (χ0v) is 7.41. The van der Waals surface area contributed by atoms with Gasteiger partial charge in [-0.05, 0) is 12.3 Å². The molecule has 1 heterocycles. The summed E-state index contributed by atoms with van der Waals surface area (Å²) in [4.78, 5) is 0. The predicted molar refractivity (Wildman–Crippen MR) is 44.2 cm³/mol. The van der Waals surface area contributed by atoms with Crippen LogP contribution in [0, 0.1) is 5.92 Å². The molecule has 0 aliphatic carbocycles. The van der Waals surface area contributed by atoms with Crippen molar-refractivity contribution in [2.75, 3.05) is 0 Å². The van der Waals surface area contributed by atoms with Crippen LogP contribution in [0.4, 0.5) is 0 Å². The zero-order valence-electron chi connectivity index (χ0n) is 7.41. The quantitative estimate of drug-likeness (QED) is 0.657. The second-order valence-electron chi connectivity index (χ2n) is 3.29. The summed E-state index contributed by atoms with van der Waals surface area (Å²) in [5.74, 6) is 1.82. The van der Waals surface area contributed by atoms with Crippen molar-refractivity contribution in [3.05, 3.63) is 12.2 Å². The number of aromatic nitrogens is 3. The highest BCUT2D eigenvalue weighted by molar-refractivity contribution is 4.84. The van der Waals surface area contributed by atoms with Gasteiger partial charge in [0, 0.05) is 13.5 Å². The number of hydrogen-bond acceptors (Lipinski definition) is 2. The van der Waals surface area contributed by atoms with E-state index in [0.717, 1.165) is 18.2 Å². The van der Waals surface area contributed by atoms with E-state index in [4.69, 9.17) is 0 Å². The summed E-state index contributed by atoms with van der Waals surface area (Å²) in [6.07, 6.45) is 3.97. The maximum Gasteiger partial charge on any atom is 0.132 e. The maximum atomic E-state index is 4.00. The van der Waals surface area contributed by atoms with Crippen LogP contribution >= 0.6 is 0 Å². The Balaban J connectivity index is 2.44. The molecule has 0 aromatic carbocycles. The van der Waals surface area contributed by atoms with Gasteiger partial charge >= 0.3 is 0 Å². The van der Waals surface area contributed by atoms with Crippen LogP contribution in [0.5, 0.6) is 0 Å². The SMILES string of the molecule is CC(C)CCc1nncn1C. The summed E-state index contributed by atoms with van der Waals surface area (Å²) in [6, 6.07) is 0. The highest BCUT2D eigenvalue weighted by atomic mass is 15.2. The van der Waals surface area contributed by atoms with Crippen molar-refractivity contribution in [3.63, 3.8) is 0 Å². The molecule has 0 unspecified atom stereocenters. The lowest BCUT2D eigenvalue weighted by Crippen LogP contribution is -1.99. The minimum atomic E-state index is 0.742. The lowest BCUT2D eigenvalue weighted by atomic mass is 10.1. The van der Waals surface area contributed by atoms with Crippen LogP contribution in [0.3, 0.4) is 0 Å². The molecule has 1 aromatic rings. The van der Waals surface area contributed by atoms with Gasteiger partial charge in [-0.25, -0.2) is 0 Å². The van der Waals surface area contributed by atoms with Crippen molar-refractivity contribution >= 4 is 0 Å². The Morgan fingerprint density at radius 2 is 2.27 bits per heavy atom. The molecule has 0 N–H and O–H groups in total. The van der Waals surface area contributed by atoms with Crippen molar-refractivity contribution in [1.29, 1.82) is 0 Å². The van der Waals surface area contributed by atoms with Gasteiger partial charge in [0.2, 0.25) is 0 Å². The first-order valence-corrected chi connectivity index (χ1v) is 4.03. The molecular formula is C8H15N3. The average molecular weight is 153 g/mol. The molecule has 1 rings (SSSR count). The predicted octanol–water partition coefficient (Wildman–Crippen LogP) is 1.40. The molecule has 3 heteroatoms. The average Bonchev–Trinajstić information content (AvgIpc) is 2.31. The number of rotatable bonds is 3. The second-order valence-corrected chi connectivity index (χ2v) is 3.29. The van der Waals surface area contributed by atoms with Crippen LogP contribution in [0.1, 0.15) is 26.1 Å². The van der Waals surface area contributed by atoms with Gasteiger partial charge in [-0.3, -0.25) is 0 Å². The molecule has 11 heavy (non-hydrogen) atoms. The lowest BCUT2D eigenvalue weighted by Gasteiger charge is -2.02. The molecule has 0 aliphatic rings. The lowest BCUT2D eigenvalue weighted by molar-refractivity contribution is 0.565. The Morgan fingerprint density at radius 1 is 1.55 bits per heavy atom. The van der Waals surface area contributed by atoms with Crippen molar-refractivity contribution in [3.8, 4) is 0 Å². The molecule has 0 radical (unpaired) electrons. The van der Waals surface area contributed by atoms with E-state index < -0.39 is 0 Å². The zero-order chi connectivity index (χ0) is 8.27. The van der Waals surface area contributed by atoms with Gasteiger partial charge in [-0.15, -0.1) is 10.2 Å². The van der Waals surface area contributed by atoms with E-state index in [0.29, 0.717) is 0 Å². The van der Waals surface area contributed by atoms with Crippen molar-refractivity contribution in [2.45, 2.75) is 26.7 Å². The van der Waals surface area contributed by atoms with Gasteiger partial charge in [0.15, 0.2) is 0 Å². The summed E-state index contributed by atoms with van der Waals surface area (Å²) < 4.78 is 1.97. The minimum absolute atomic E-state index is 0.742. The van der Waals surface area contributed by atoms with E-state index in [1.165, 1.54) is 6.42 Å². The monoisotopic (exact) mass is 153 g/mol. The van der Waals surface area contributed by atoms with Gasteiger partial charge < -0.3 is 4.57 Å². The fourth-order valence-corrected chi connectivity index (χ4v) is 0.951. The maximum absolute atomic E-state index is 4.00. The smallest absolute Gasteiger partial charge is 0.132 e. The Labute approximate surface area is 67.4 Å². The third-order valence-corrected chi connectivity index (χ3v) is 1.75. The summed E-state index contributed by atoms with van der Waals surface area (Å²) in [5.41, 5.74) is 0. The van der Waals surface area contributed by atoms with Crippen molar-refractivity contribution in [2.24, 2.45) is 13.0 Å². The van der Waals surface area contributed by atoms with Crippen LogP contribution in [0.15, 0.2) is 6.33 Å². The van der Waals surface area contributed by atoms with Gasteiger partial charge in [0.05, 0.1) is 0 Å². The van der Waals surface area contributed by atoms with E-state index in [1.807, 2.05) is 11.6 Å². The van der Waals surface area contributed by atoms with Crippen LogP contribution in [-0.4, -0.2) is 14.8 Å². The third-order valence-electron chi connectivity index (χ3n) is 1.75. The summed E-state index contributed by atoms with van der Waals surface area (Å²) in [5, 5.41) is 7.81. The fourth-order valence-electron chi connectivity index (χ4n) is 0.951. The summed E-state index contributed by atoms with van der Waals surface area (Å²) in [7, 11) is 1.98. The Morgan fingerprint density at radius 3 is 2.73 bits per heavy atom. The van der Waals surface area contributed by atoms with Gasteiger partial charge in [0.25, 0.3) is 0 Å². The van der Waals surface area contributed by atoms with E-state index in [-0.39, 0.29) is 0 Å². The molecule has 3 nitrogen and oxygen atoms in total. The molecule has 62 valence electrons. The van der Waals surface area contributed by atoms with E-state index in [2.05, 4.69) is 24.0 Å². The molecule has 0 fully saturated rings. The highest BCUT2D eigenvalue weighted by Crippen LogP contribution is 2.04. The Hall–Kier alpha value is -0.860. The molecule has 0 spiro atoms. The van der Waals surface area contributed by atoms with Crippen LogP contribution in [-0.2, 0) is 13.5 Å². The standard InChI is InChI=1S/C8H15N3/c1-7(2)4-5-8-10-9-6-11(8)3/h6-7H,4-5H2,1-3H3. The van der Waals surface area contributed by atoms with E-state index in [9.17, 15) is 0 Å². The van der Waals surface area contributed by atoms with Crippen LogP contribution in [0.25, 0.3) is 0 Å². The van der Waals surface area contributed by atoms with Crippen LogP contribution < -0.4 is 0 Å². The largest absolute Gasteiger partial charge is 0.321 e. The molecule has 0 bridgehead atoms. The van der Waals surface area contributed by atoms with E-state index >= 15 is 0 Å². The first-order valence-electron chi connectivity index (χ1n) is 4.03. The Kier molecular flexibility index (Phi) is 2.63. The van der Waals surface area contributed by atoms with Crippen molar-refractivity contribution in [1.82, 2.24) is 14.8 Å². The van der Waals surface area contributed by atoms with Gasteiger partial charge in [-0.2, -0.15) is 0 Å². The highest BCUT2D eigenvalue weighted by Gasteiger charge is 2.01. The van der Waals surface area contributed by atoms with Crippen molar-refractivity contribution < 1.29 is 0 Å². The van der Waals surface area contributed by atoms with Gasteiger partial charge in [-0.1, -0.05) is 13.8 Å². The summed E-state index contributed by atoms with van der Waals surface area (Å²) in [6.45, 7) is 4.44. The molecule has 0 atom stereocenters. The normalized spacial score (nSPS) is 10.9.